The molecule has 0 heterocycles. The van der Waals surface area contributed by atoms with Crippen LogP contribution >= 0.6 is 0 Å². The van der Waals surface area contributed by atoms with E-state index in [2.05, 4.69) is 16.0 Å². The van der Waals surface area contributed by atoms with Gasteiger partial charge in [0.2, 0.25) is 5.91 Å². The van der Waals surface area contributed by atoms with E-state index in [0.29, 0.717) is 6.42 Å². The highest BCUT2D eigenvalue weighted by atomic mass is 16.4. The van der Waals surface area contributed by atoms with Crippen LogP contribution in [-0.2, 0) is 9.59 Å². The molecular formula is C10H19N3O4. The van der Waals surface area contributed by atoms with Crippen molar-refractivity contribution in [1.82, 2.24) is 16.0 Å². The van der Waals surface area contributed by atoms with Crippen molar-refractivity contribution < 1.29 is 19.5 Å². The molecule has 0 aromatic carbocycles. The van der Waals surface area contributed by atoms with E-state index in [1.165, 1.54) is 7.05 Å². The van der Waals surface area contributed by atoms with Crippen molar-refractivity contribution in [2.24, 2.45) is 5.41 Å². The van der Waals surface area contributed by atoms with Crippen LogP contribution < -0.4 is 16.0 Å². The van der Waals surface area contributed by atoms with Gasteiger partial charge in [-0.1, -0.05) is 6.92 Å². The molecule has 1 atom stereocenters. The Bertz CT molecular complexity index is 306. The van der Waals surface area contributed by atoms with Gasteiger partial charge in [-0.15, -0.1) is 0 Å². The Morgan fingerprint density at radius 2 is 1.82 bits per heavy atom. The number of hydrogen-bond acceptors (Lipinski definition) is 3. The maximum atomic E-state index is 11.3. The van der Waals surface area contributed by atoms with Gasteiger partial charge in [-0.2, -0.15) is 0 Å². The summed E-state index contributed by atoms with van der Waals surface area (Å²) in [5.74, 6) is -1.29. The highest BCUT2D eigenvalue weighted by Crippen LogP contribution is 2.19. The van der Waals surface area contributed by atoms with E-state index in [0.717, 1.165) is 0 Å². The first-order valence-corrected chi connectivity index (χ1v) is 5.31. The molecule has 0 saturated carbocycles. The Hall–Kier alpha value is -1.79. The molecule has 0 rings (SSSR count). The van der Waals surface area contributed by atoms with Gasteiger partial charge < -0.3 is 21.1 Å². The summed E-state index contributed by atoms with van der Waals surface area (Å²) in [4.78, 5) is 33.0. The maximum absolute atomic E-state index is 11.3. The standard InChI is InChI=1S/C10H19N3O4/c1-4-10(2,8(15)16)6-13-9(17)12-5-7(14)11-3/h4-6H2,1-3H3,(H,11,14)(H,15,16)(H2,12,13,17). The molecule has 7 nitrogen and oxygen atoms in total. The van der Waals surface area contributed by atoms with Crippen LogP contribution in [0.3, 0.4) is 0 Å². The Morgan fingerprint density at radius 1 is 1.24 bits per heavy atom. The van der Waals surface area contributed by atoms with Gasteiger partial charge in [-0.25, -0.2) is 4.79 Å². The average molecular weight is 245 g/mol. The monoisotopic (exact) mass is 245 g/mol. The Balaban J connectivity index is 4.06. The third-order valence-electron chi connectivity index (χ3n) is 2.62. The second kappa shape index (κ2) is 6.72. The van der Waals surface area contributed by atoms with E-state index in [1.54, 1.807) is 13.8 Å². The number of urea groups is 1. The molecule has 0 spiro atoms. The summed E-state index contributed by atoms with van der Waals surface area (Å²) in [6.07, 6.45) is 0.401. The molecule has 0 saturated heterocycles. The molecule has 0 aliphatic rings. The minimum absolute atomic E-state index is 0.0123. The number of hydrogen-bond donors (Lipinski definition) is 4. The molecule has 98 valence electrons. The zero-order valence-corrected chi connectivity index (χ0v) is 10.3. The van der Waals surface area contributed by atoms with E-state index in [4.69, 9.17) is 5.11 Å². The number of rotatable bonds is 6. The van der Waals surface area contributed by atoms with Crippen LogP contribution in [0.5, 0.6) is 0 Å². The van der Waals surface area contributed by atoms with Crippen LogP contribution in [0.15, 0.2) is 0 Å². The van der Waals surface area contributed by atoms with Gasteiger partial charge in [-0.3, -0.25) is 9.59 Å². The lowest BCUT2D eigenvalue weighted by Crippen LogP contribution is -2.46. The van der Waals surface area contributed by atoms with Gasteiger partial charge >= 0.3 is 12.0 Å². The molecule has 0 aliphatic heterocycles. The van der Waals surface area contributed by atoms with E-state index in [1.807, 2.05) is 0 Å². The fraction of sp³-hybridized carbons (Fsp3) is 0.700. The number of aliphatic carboxylic acids is 1. The normalized spacial score (nSPS) is 13.4. The first-order chi connectivity index (χ1) is 7.85. The Kier molecular flexibility index (Phi) is 6.01. The highest BCUT2D eigenvalue weighted by molar-refractivity contribution is 5.84. The van der Waals surface area contributed by atoms with Crippen LogP contribution in [0, 0.1) is 5.41 Å². The largest absolute Gasteiger partial charge is 0.481 e. The van der Waals surface area contributed by atoms with Crippen LogP contribution in [-0.4, -0.2) is 43.2 Å². The molecule has 17 heavy (non-hydrogen) atoms. The lowest BCUT2D eigenvalue weighted by molar-refractivity contribution is -0.147. The van der Waals surface area contributed by atoms with Crippen LogP contribution in [0.2, 0.25) is 0 Å². The zero-order valence-electron chi connectivity index (χ0n) is 10.3. The minimum Gasteiger partial charge on any atom is -0.481 e. The second-order valence-electron chi connectivity index (χ2n) is 3.93. The van der Waals surface area contributed by atoms with Gasteiger partial charge in [0.25, 0.3) is 0 Å². The molecule has 0 aliphatic carbocycles. The van der Waals surface area contributed by atoms with Crippen molar-refractivity contribution in [2.45, 2.75) is 20.3 Å². The SMILES string of the molecule is CCC(C)(CNC(=O)NCC(=O)NC)C(=O)O. The maximum Gasteiger partial charge on any atom is 0.315 e. The van der Waals surface area contributed by atoms with E-state index >= 15 is 0 Å². The predicted octanol–water partition coefficient (Wildman–Crippen LogP) is -0.467. The van der Waals surface area contributed by atoms with E-state index in [9.17, 15) is 14.4 Å². The topological polar surface area (TPSA) is 108 Å². The number of carboxylic acid groups (broad SMARTS) is 1. The summed E-state index contributed by atoms with van der Waals surface area (Å²) in [5.41, 5.74) is -0.996. The van der Waals surface area contributed by atoms with Crippen LogP contribution in [0.1, 0.15) is 20.3 Å². The lowest BCUT2D eigenvalue weighted by atomic mass is 9.88. The Morgan fingerprint density at radius 3 is 2.24 bits per heavy atom. The number of carboxylic acids is 1. The average Bonchev–Trinajstić information content (AvgIpc) is 2.32. The molecule has 3 amide bonds. The quantitative estimate of drug-likeness (QED) is 0.507. The molecule has 0 bridgehead atoms. The smallest absolute Gasteiger partial charge is 0.315 e. The minimum atomic E-state index is -0.996. The zero-order chi connectivity index (χ0) is 13.5. The third-order valence-corrected chi connectivity index (χ3v) is 2.62. The molecule has 0 fully saturated rings. The van der Waals surface area contributed by atoms with Crippen molar-refractivity contribution in [1.29, 1.82) is 0 Å². The van der Waals surface area contributed by atoms with E-state index in [-0.39, 0.29) is 19.0 Å². The number of amides is 3. The van der Waals surface area contributed by atoms with Gasteiger partial charge in [-0.05, 0) is 13.3 Å². The molecular weight excluding hydrogens is 226 g/mol. The van der Waals surface area contributed by atoms with Crippen molar-refractivity contribution in [3.05, 3.63) is 0 Å². The Labute approximate surface area is 100.0 Å². The number of carbonyl (C=O) groups excluding carboxylic acids is 2. The molecule has 7 heteroatoms. The van der Waals surface area contributed by atoms with Gasteiger partial charge in [0.15, 0.2) is 0 Å². The predicted molar refractivity (Wildman–Crippen MR) is 61.5 cm³/mol. The first kappa shape index (κ1) is 15.2. The fourth-order valence-corrected chi connectivity index (χ4v) is 0.939. The summed E-state index contributed by atoms with van der Waals surface area (Å²) in [5, 5.41) is 16.1. The van der Waals surface area contributed by atoms with Gasteiger partial charge in [0, 0.05) is 13.6 Å². The number of carbonyl (C=O) groups is 3. The highest BCUT2D eigenvalue weighted by Gasteiger charge is 2.31. The fourth-order valence-electron chi connectivity index (χ4n) is 0.939. The van der Waals surface area contributed by atoms with Crippen molar-refractivity contribution in [2.75, 3.05) is 20.1 Å². The molecule has 1 unspecified atom stereocenters. The van der Waals surface area contributed by atoms with Crippen LogP contribution in [0.4, 0.5) is 4.79 Å². The summed E-state index contributed by atoms with van der Waals surface area (Å²) in [6, 6.07) is -0.561. The first-order valence-electron chi connectivity index (χ1n) is 5.31. The van der Waals surface area contributed by atoms with Gasteiger partial charge in [0.05, 0.1) is 12.0 Å². The molecule has 4 N–H and O–H groups in total. The van der Waals surface area contributed by atoms with E-state index < -0.39 is 17.4 Å². The number of likely N-dealkylation sites (N-methyl/N-ethyl adjacent to an activating group) is 1. The third kappa shape index (κ3) is 5.19. The van der Waals surface area contributed by atoms with Crippen molar-refractivity contribution in [3.8, 4) is 0 Å². The number of nitrogens with one attached hydrogen (secondary N) is 3. The molecule has 0 aromatic heterocycles. The van der Waals surface area contributed by atoms with Crippen molar-refractivity contribution >= 4 is 17.9 Å². The molecule has 0 aromatic rings. The summed E-state index contributed by atoms with van der Waals surface area (Å²) in [6.45, 7) is 3.16. The summed E-state index contributed by atoms with van der Waals surface area (Å²) in [7, 11) is 1.46. The van der Waals surface area contributed by atoms with Crippen molar-refractivity contribution in [3.63, 3.8) is 0 Å². The van der Waals surface area contributed by atoms with Crippen LogP contribution in [0.25, 0.3) is 0 Å². The summed E-state index contributed by atoms with van der Waals surface area (Å²) >= 11 is 0. The lowest BCUT2D eigenvalue weighted by Gasteiger charge is -2.23. The van der Waals surface area contributed by atoms with Gasteiger partial charge in [0.1, 0.15) is 0 Å². The second-order valence-corrected chi connectivity index (χ2v) is 3.93. The summed E-state index contributed by atoms with van der Waals surface area (Å²) < 4.78 is 0. The molecule has 0 radical (unpaired) electrons.